The van der Waals surface area contributed by atoms with Crippen molar-refractivity contribution in [3.8, 4) is 5.75 Å². The van der Waals surface area contributed by atoms with E-state index in [9.17, 15) is 9.59 Å². The number of piperidine rings is 1. The van der Waals surface area contributed by atoms with Crippen LogP contribution in [0, 0.1) is 24.7 Å². The average molecular weight is 386 g/mol. The first-order valence-corrected chi connectivity index (χ1v) is 10.5. The molecule has 4 rings (SSSR count). The zero-order valence-electron chi connectivity index (χ0n) is 16.6. The van der Waals surface area contributed by atoms with Gasteiger partial charge in [-0.25, -0.2) is 0 Å². The van der Waals surface area contributed by atoms with Gasteiger partial charge in [-0.2, -0.15) is 0 Å². The van der Waals surface area contributed by atoms with Crippen LogP contribution >= 0.6 is 0 Å². The number of hydrogen-bond donors (Lipinski definition) is 1. The zero-order chi connectivity index (χ0) is 19.5. The van der Waals surface area contributed by atoms with Gasteiger partial charge in [0.15, 0.2) is 0 Å². The second-order valence-corrected chi connectivity index (χ2v) is 8.37. The number of fused-ring (bicyclic) bond motifs is 2. The van der Waals surface area contributed by atoms with Gasteiger partial charge in [0, 0.05) is 38.6 Å². The van der Waals surface area contributed by atoms with Crippen molar-refractivity contribution in [1.29, 1.82) is 0 Å². The molecule has 2 fully saturated rings. The van der Waals surface area contributed by atoms with Crippen molar-refractivity contribution in [3.05, 3.63) is 23.8 Å². The molecule has 28 heavy (non-hydrogen) atoms. The predicted octanol–water partition coefficient (Wildman–Crippen LogP) is 3.00. The summed E-state index contributed by atoms with van der Waals surface area (Å²) in [6.45, 7) is 5.46. The van der Waals surface area contributed by atoms with Crippen LogP contribution in [0.25, 0.3) is 0 Å². The van der Waals surface area contributed by atoms with Gasteiger partial charge < -0.3 is 19.7 Å². The van der Waals surface area contributed by atoms with E-state index in [4.69, 9.17) is 9.47 Å². The van der Waals surface area contributed by atoms with E-state index < -0.39 is 0 Å². The fourth-order valence-electron chi connectivity index (χ4n) is 4.71. The third-order valence-electron chi connectivity index (χ3n) is 6.38. The topological polar surface area (TPSA) is 67.9 Å². The minimum Gasteiger partial charge on any atom is -0.491 e. The number of nitrogens with one attached hydrogen (secondary N) is 1. The number of likely N-dealkylation sites (tertiary alicyclic amines) is 1. The van der Waals surface area contributed by atoms with Crippen LogP contribution in [0.4, 0.5) is 5.69 Å². The Kier molecular flexibility index (Phi) is 5.85. The molecule has 3 heterocycles. The Bertz CT molecular complexity index is 729. The van der Waals surface area contributed by atoms with Gasteiger partial charge in [0.2, 0.25) is 11.8 Å². The largest absolute Gasteiger partial charge is 0.491 e. The SMILES string of the molecule is Cc1ccc2c(c1)NC(=O)C[C@@H]1CCN(C(=O)C3CCOCC3)C[C@@H]1CCO2. The van der Waals surface area contributed by atoms with E-state index in [1.807, 2.05) is 30.0 Å². The fraction of sp³-hybridized carbons (Fsp3) is 0.636. The summed E-state index contributed by atoms with van der Waals surface area (Å²) in [5.41, 5.74) is 1.85. The normalized spacial score (nSPS) is 26.5. The van der Waals surface area contributed by atoms with E-state index in [-0.39, 0.29) is 17.7 Å². The zero-order valence-corrected chi connectivity index (χ0v) is 16.6. The van der Waals surface area contributed by atoms with Gasteiger partial charge in [0.1, 0.15) is 5.75 Å². The highest BCUT2D eigenvalue weighted by Crippen LogP contribution is 2.34. The molecule has 0 unspecified atom stereocenters. The summed E-state index contributed by atoms with van der Waals surface area (Å²) >= 11 is 0. The minimum atomic E-state index is 0.0385. The molecule has 152 valence electrons. The van der Waals surface area contributed by atoms with Crippen LogP contribution in [-0.2, 0) is 14.3 Å². The van der Waals surface area contributed by atoms with E-state index >= 15 is 0 Å². The molecule has 0 bridgehead atoms. The Hall–Kier alpha value is -2.08. The Labute approximate surface area is 166 Å². The summed E-state index contributed by atoms with van der Waals surface area (Å²) < 4.78 is 11.4. The van der Waals surface area contributed by atoms with Crippen molar-refractivity contribution in [2.75, 3.05) is 38.2 Å². The maximum Gasteiger partial charge on any atom is 0.225 e. The number of carbonyl (C=O) groups excluding carboxylic acids is 2. The molecule has 2 amide bonds. The smallest absolute Gasteiger partial charge is 0.225 e. The Morgan fingerprint density at radius 1 is 1.11 bits per heavy atom. The highest BCUT2D eigenvalue weighted by molar-refractivity contribution is 5.92. The molecule has 3 aliphatic heterocycles. The second kappa shape index (κ2) is 8.52. The van der Waals surface area contributed by atoms with Crippen molar-refractivity contribution in [2.45, 2.75) is 39.0 Å². The van der Waals surface area contributed by atoms with Crippen molar-refractivity contribution < 1.29 is 19.1 Å². The molecule has 0 saturated carbocycles. The number of aryl methyl sites for hydroxylation is 1. The highest BCUT2D eigenvalue weighted by atomic mass is 16.5. The van der Waals surface area contributed by atoms with E-state index in [2.05, 4.69) is 5.32 Å². The fourth-order valence-corrected chi connectivity index (χ4v) is 4.71. The number of amides is 2. The van der Waals surface area contributed by atoms with Crippen LogP contribution in [0.2, 0.25) is 0 Å². The first-order valence-electron chi connectivity index (χ1n) is 10.5. The van der Waals surface area contributed by atoms with Gasteiger partial charge in [0.25, 0.3) is 0 Å². The lowest BCUT2D eigenvalue weighted by atomic mass is 9.80. The average Bonchev–Trinajstić information content (AvgIpc) is 2.70. The molecular formula is C22H30N2O4. The summed E-state index contributed by atoms with van der Waals surface area (Å²) in [7, 11) is 0. The maximum atomic E-state index is 12.9. The minimum absolute atomic E-state index is 0.0385. The third kappa shape index (κ3) is 4.32. The molecular weight excluding hydrogens is 356 g/mol. The Balaban J connectivity index is 1.44. The van der Waals surface area contributed by atoms with E-state index in [1.165, 1.54) is 0 Å². The molecule has 6 heteroatoms. The summed E-state index contributed by atoms with van der Waals surface area (Å²) in [4.78, 5) is 27.6. The first-order chi connectivity index (χ1) is 13.6. The number of hydrogen-bond acceptors (Lipinski definition) is 4. The second-order valence-electron chi connectivity index (χ2n) is 8.37. The molecule has 1 N–H and O–H groups in total. The van der Waals surface area contributed by atoms with Gasteiger partial charge in [-0.15, -0.1) is 0 Å². The molecule has 2 atom stereocenters. The van der Waals surface area contributed by atoms with Crippen LogP contribution in [0.15, 0.2) is 18.2 Å². The number of carbonyl (C=O) groups is 2. The first kappa shape index (κ1) is 19.2. The number of benzene rings is 1. The lowest BCUT2D eigenvalue weighted by Gasteiger charge is -2.40. The number of rotatable bonds is 1. The van der Waals surface area contributed by atoms with E-state index in [0.29, 0.717) is 38.1 Å². The van der Waals surface area contributed by atoms with Crippen molar-refractivity contribution >= 4 is 17.5 Å². The molecule has 3 aliphatic rings. The van der Waals surface area contributed by atoms with Crippen LogP contribution in [0.1, 0.15) is 37.7 Å². The van der Waals surface area contributed by atoms with Gasteiger partial charge in [-0.1, -0.05) is 6.07 Å². The van der Waals surface area contributed by atoms with Gasteiger partial charge in [-0.05, 0) is 62.1 Å². The summed E-state index contributed by atoms with van der Waals surface area (Å²) in [6, 6.07) is 5.88. The van der Waals surface area contributed by atoms with Crippen molar-refractivity contribution in [1.82, 2.24) is 4.90 Å². The van der Waals surface area contributed by atoms with Gasteiger partial charge >= 0.3 is 0 Å². The Morgan fingerprint density at radius 2 is 1.93 bits per heavy atom. The summed E-state index contributed by atoms with van der Waals surface area (Å²) in [5, 5.41) is 3.03. The predicted molar refractivity (Wildman–Crippen MR) is 106 cm³/mol. The van der Waals surface area contributed by atoms with Crippen LogP contribution in [-0.4, -0.2) is 49.6 Å². The number of ether oxygens (including phenoxy) is 2. The van der Waals surface area contributed by atoms with Crippen molar-refractivity contribution in [2.24, 2.45) is 17.8 Å². The van der Waals surface area contributed by atoms with Crippen LogP contribution in [0.5, 0.6) is 5.75 Å². The lowest BCUT2D eigenvalue weighted by molar-refractivity contribution is -0.141. The van der Waals surface area contributed by atoms with E-state index in [1.54, 1.807) is 0 Å². The molecule has 1 aromatic carbocycles. The molecule has 2 saturated heterocycles. The highest BCUT2D eigenvalue weighted by Gasteiger charge is 2.35. The number of anilines is 1. The molecule has 0 radical (unpaired) electrons. The lowest BCUT2D eigenvalue weighted by Crippen LogP contribution is -2.48. The maximum absolute atomic E-state index is 12.9. The summed E-state index contributed by atoms with van der Waals surface area (Å²) in [5.74, 6) is 1.73. The molecule has 6 nitrogen and oxygen atoms in total. The van der Waals surface area contributed by atoms with Gasteiger partial charge in [0.05, 0.1) is 12.3 Å². The van der Waals surface area contributed by atoms with Crippen LogP contribution < -0.4 is 10.1 Å². The Morgan fingerprint density at radius 3 is 2.75 bits per heavy atom. The molecule has 1 aromatic rings. The molecule has 0 aromatic heterocycles. The van der Waals surface area contributed by atoms with Gasteiger partial charge in [-0.3, -0.25) is 9.59 Å². The van der Waals surface area contributed by atoms with Crippen molar-refractivity contribution in [3.63, 3.8) is 0 Å². The standard InChI is InChI=1S/C22H30N2O4/c1-15-2-3-20-19(12-15)23-21(25)13-17-4-8-24(14-18(17)7-11-28-20)22(26)16-5-9-27-10-6-16/h2-3,12,16-18H,4-11,13-14H2,1H3,(H,23,25)/t17-,18-/m0/s1. The van der Waals surface area contributed by atoms with E-state index in [0.717, 1.165) is 55.8 Å². The third-order valence-corrected chi connectivity index (χ3v) is 6.38. The molecule has 0 spiro atoms. The monoisotopic (exact) mass is 386 g/mol. The number of nitrogens with zero attached hydrogens (tertiary/aromatic N) is 1. The quantitative estimate of drug-likeness (QED) is 0.806. The van der Waals surface area contributed by atoms with Crippen LogP contribution in [0.3, 0.4) is 0 Å². The summed E-state index contributed by atoms with van der Waals surface area (Å²) in [6.07, 6.45) is 3.91. The molecule has 0 aliphatic carbocycles.